The normalized spacial score (nSPS) is 18.3. The van der Waals surface area contributed by atoms with Crippen molar-refractivity contribution >= 4 is 64.3 Å². The molecule has 2 aromatic heterocycles. The lowest BCUT2D eigenvalue weighted by molar-refractivity contribution is -0.172. The number of rotatable bonds is 23. The maximum absolute atomic E-state index is 15.4. The number of ether oxygens (including phenoxy) is 3. The van der Waals surface area contributed by atoms with Crippen molar-refractivity contribution in [1.82, 2.24) is 51.7 Å². The number of amides is 9. The van der Waals surface area contributed by atoms with Gasteiger partial charge >= 0.3 is 12.0 Å². The number of imide groups is 1. The number of hydrogen-bond donors (Lipinski definition) is 8. The fraction of sp³-hybridized carbons (Fsp3) is 0.453. The Labute approximate surface area is 445 Å². The number of hydrogen-bond acceptors (Lipinski definition) is 15. The SMILES string of the molecule is CC[C@@]1(O)C(=O)OCc2c1cc1n(c2=O)Cc2c-1nc1cc(F)c(C)c3c1c2[C@@H](NC(=O)NCCOCNC(=O)CNC(=O)[C@H](Cc1ccccc1)NC(=O)CNC(=O)CNC(=O)CCOCCN1C(=O)CC(C)C1=O)CC3. The number of aromatic nitrogens is 2. The highest BCUT2D eigenvalue weighted by Crippen LogP contribution is 2.46. The highest BCUT2D eigenvalue weighted by molar-refractivity contribution is 6.03. The zero-order valence-electron chi connectivity index (χ0n) is 43.3. The third kappa shape index (κ3) is 12.3. The molecule has 414 valence electrons. The summed E-state index contributed by atoms with van der Waals surface area (Å²) in [4.78, 5) is 133. The van der Waals surface area contributed by atoms with Crippen molar-refractivity contribution in [2.24, 2.45) is 5.92 Å². The predicted octanol–water partition coefficient (Wildman–Crippen LogP) is -0.218. The molecule has 0 radical (unpaired) electrons. The number of halogens is 1. The molecule has 24 nitrogen and oxygen atoms in total. The van der Waals surface area contributed by atoms with Crippen molar-refractivity contribution in [1.29, 1.82) is 0 Å². The second-order valence-corrected chi connectivity index (χ2v) is 19.4. The lowest BCUT2D eigenvalue weighted by atomic mass is 9.81. The summed E-state index contributed by atoms with van der Waals surface area (Å²) in [5, 5.41) is 30.1. The number of carbonyl (C=O) groups excluding carboxylic acids is 9. The highest BCUT2D eigenvalue weighted by Gasteiger charge is 2.46. The van der Waals surface area contributed by atoms with Gasteiger partial charge in [-0.2, -0.15) is 0 Å². The Bertz CT molecular complexity index is 3130. The quantitative estimate of drug-likeness (QED) is 0.0182. The van der Waals surface area contributed by atoms with Gasteiger partial charge in [-0.3, -0.25) is 43.3 Å². The van der Waals surface area contributed by atoms with Crippen LogP contribution >= 0.6 is 0 Å². The number of nitrogens with one attached hydrogen (secondary N) is 7. The summed E-state index contributed by atoms with van der Waals surface area (Å²) in [6, 6.07) is 9.37. The first-order chi connectivity index (χ1) is 37.4. The van der Waals surface area contributed by atoms with E-state index in [4.69, 9.17) is 19.2 Å². The van der Waals surface area contributed by atoms with Crippen LogP contribution in [0.25, 0.3) is 22.3 Å². The lowest BCUT2D eigenvalue weighted by Crippen LogP contribution is -2.52. The Hall–Kier alpha value is -8.16. The van der Waals surface area contributed by atoms with E-state index in [1.54, 1.807) is 57.2 Å². The van der Waals surface area contributed by atoms with E-state index in [1.165, 1.54) is 10.6 Å². The van der Waals surface area contributed by atoms with E-state index < -0.39 is 90.2 Å². The van der Waals surface area contributed by atoms with Crippen molar-refractivity contribution in [3.8, 4) is 11.4 Å². The fourth-order valence-corrected chi connectivity index (χ4v) is 10.0. The number of carbonyl (C=O) groups is 9. The van der Waals surface area contributed by atoms with Crippen LogP contribution in [0, 0.1) is 18.7 Å². The number of aliphatic hydroxyl groups is 1. The van der Waals surface area contributed by atoms with E-state index in [0.717, 1.165) is 10.5 Å². The van der Waals surface area contributed by atoms with Crippen LogP contribution in [0.4, 0.5) is 9.18 Å². The number of nitrogens with zero attached hydrogens (tertiary/aromatic N) is 3. The van der Waals surface area contributed by atoms with E-state index in [0.29, 0.717) is 57.4 Å². The average molecular weight is 1080 g/mol. The van der Waals surface area contributed by atoms with Crippen molar-refractivity contribution in [3.63, 3.8) is 0 Å². The molecule has 1 fully saturated rings. The van der Waals surface area contributed by atoms with Crippen LogP contribution in [-0.2, 0) is 84.2 Å². The van der Waals surface area contributed by atoms with Crippen LogP contribution < -0.4 is 42.8 Å². The summed E-state index contributed by atoms with van der Waals surface area (Å²) >= 11 is 0. The van der Waals surface area contributed by atoms with Gasteiger partial charge in [0.05, 0.1) is 81.1 Å². The van der Waals surface area contributed by atoms with Crippen molar-refractivity contribution in [3.05, 3.63) is 97.6 Å². The standard InChI is InChI=1S/C53H61FN10O14/c1-4-53(75)34-20-39-47-32(25-64(39)50(72)33(34)26-78-51(53)73)46-36(11-10-31-29(3)35(54)21-37(61-47)45(31)46)62-52(74)55-13-16-77-27-59-42(67)23-58-48(70)38(19-30-8-6-5-7-9-30)60-43(68)24-57-41(66)22-56-40(65)12-15-76-17-14-63-44(69)18-28(2)49(63)71/h5-9,20-21,28,36,38,75H,4,10-19,22-27H2,1-3H3,(H,56,65)(H,57,66)(H,58,70)(H,59,67)(H,60,68)(H2,55,62,74)/t28?,36-,38-,53-/m0/s1. The molecular weight excluding hydrogens is 1020 g/mol. The van der Waals surface area contributed by atoms with Gasteiger partial charge < -0.3 is 61.1 Å². The van der Waals surface area contributed by atoms with Crippen LogP contribution in [0.2, 0.25) is 0 Å². The first-order valence-electron chi connectivity index (χ1n) is 25.6. The topological polar surface area (TPSA) is 324 Å². The second-order valence-electron chi connectivity index (χ2n) is 19.4. The molecule has 25 heteroatoms. The highest BCUT2D eigenvalue weighted by atomic mass is 19.1. The molecule has 8 rings (SSSR count). The van der Waals surface area contributed by atoms with Gasteiger partial charge in [-0.25, -0.2) is 19.0 Å². The number of likely N-dealkylation sites (tertiary alicyclic amines) is 1. The Morgan fingerprint density at radius 1 is 0.885 bits per heavy atom. The zero-order chi connectivity index (χ0) is 55.8. The largest absolute Gasteiger partial charge is 0.458 e. The molecule has 4 aromatic rings. The van der Waals surface area contributed by atoms with Crippen molar-refractivity contribution in [2.45, 2.75) is 90.1 Å². The molecule has 1 aliphatic carbocycles. The molecule has 3 aliphatic heterocycles. The number of benzene rings is 2. The molecular formula is C53H61FN10O14. The Morgan fingerprint density at radius 2 is 1.62 bits per heavy atom. The van der Waals surface area contributed by atoms with Crippen LogP contribution in [-0.4, -0.2) is 138 Å². The molecule has 9 amide bonds. The fourth-order valence-electron chi connectivity index (χ4n) is 10.0. The van der Waals surface area contributed by atoms with Gasteiger partial charge in [0.15, 0.2) is 5.60 Å². The first kappa shape index (κ1) is 56.1. The van der Waals surface area contributed by atoms with Crippen LogP contribution in [0.15, 0.2) is 47.3 Å². The third-order valence-corrected chi connectivity index (χ3v) is 14.2. The maximum atomic E-state index is 15.4. The van der Waals surface area contributed by atoms with Gasteiger partial charge in [0.1, 0.15) is 25.2 Å². The number of aryl methyl sites for hydroxylation is 1. The van der Waals surface area contributed by atoms with Gasteiger partial charge in [0.25, 0.3) is 5.56 Å². The minimum atomic E-state index is -2.04. The Balaban J connectivity index is 0.766. The summed E-state index contributed by atoms with van der Waals surface area (Å²) in [5.41, 5.74) is 2.04. The molecule has 78 heavy (non-hydrogen) atoms. The van der Waals surface area contributed by atoms with Crippen molar-refractivity contribution < 1.29 is 66.9 Å². The minimum Gasteiger partial charge on any atom is -0.458 e. The Morgan fingerprint density at radius 3 is 2.36 bits per heavy atom. The summed E-state index contributed by atoms with van der Waals surface area (Å²) in [7, 11) is 0. The smallest absolute Gasteiger partial charge is 0.343 e. The van der Waals surface area contributed by atoms with Crippen LogP contribution in [0.3, 0.4) is 0 Å². The molecule has 0 bridgehead atoms. The van der Waals surface area contributed by atoms with Crippen LogP contribution in [0.1, 0.15) is 84.5 Å². The lowest BCUT2D eigenvalue weighted by Gasteiger charge is -2.31. The summed E-state index contributed by atoms with van der Waals surface area (Å²) in [6.07, 6.45) is 0.883. The van der Waals surface area contributed by atoms with E-state index in [9.17, 15) is 53.1 Å². The summed E-state index contributed by atoms with van der Waals surface area (Å²) in [5.74, 6) is -5.44. The molecule has 1 saturated heterocycles. The molecule has 8 N–H and O–H groups in total. The maximum Gasteiger partial charge on any atom is 0.343 e. The van der Waals surface area contributed by atoms with Crippen LogP contribution in [0.5, 0.6) is 0 Å². The number of cyclic esters (lactones) is 1. The van der Waals surface area contributed by atoms with Gasteiger partial charge in [0, 0.05) is 54.3 Å². The number of urea groups is 1. The number of fused-ring (bicyclic) bond motifs is 5. The zero-order valence-corrected chi connectivity index (χ0v) is 43.3. The summed E-state index contributed by atoms with van der Waals surface area (Å²) < 4.78 is 32.9. The van der Waals surface area contributed by atoms with E-state index in [-0.39, 0.29) is 107 Å². The molecule has 4 aliphatic rings. The third-order valence-electron chi connectivity index (χ3n) is 14.2. The molecule has 5 heterocycles. The predicted molar refractivity (Wildman–Crippen MR) is 273 cm³/mol. The monoisotopic (exact) mass is 1080 g/mol. The van der Waals surface area contributed by atoms with E-state index in [1.807, 2.05) is 0 Å². The van der Waals surface area contributed by atoms with Crippen molar-refractivity contribution in [2.75, 3.05) is 59.3 Å². The summed E-state index contributed by atoms with van der Waals surface area (Å²) in [6.45, 7) is 3.09. The minimum absolute atomic E-state index is 0.0170. The first-order valence-corrected chi connectivity index (χ1v) is 25.6. The van der Waals surface area contributed by atoms with Gasteiger partial charge in [-0.15, -0.1) is 0 Å². The van der Waals surface area contributed by atoms with Gasteiger partial charge in [-0.1, -0.05) is 44.2 Å². The van der Waals surface area contributed by atoms with Gasteiger partial charge in [0.2, 0.25) is 41.4 Å². The Kier molecular flexibility index (Phi) is 17.6. The average Bonchev–Trinajstić information content (AvgIpc) is 4.10. The second kappa shape index (κ2) is 24.4. The molecule has 0 spiro atoms. The van der Waals surface area contributed by atoms with Gasteiger partial charge in [-0.05, 0) is 54.5 Å². The van der Waals surface area contributed by atoms with E-state index >= 15 is 4.39 Å². The number of pyridine rings is 2. The molecule has 1 unspecified atom stereocenters. The molecule has 0 saturated carbocycles. The molecule has 2 aromatic carbocycles. The molecule has 4 atom stereocenters. The van der Waals surface area contributed by atoms with E-state index in [2.05, 4.69) is 37.2 Å². The number of esters is 1.